The van der Waals surface area contributed by atoms with E-state index in [9.17, 15) is 4.79 Å². The number of hydrogen-bond acceptors (Lipinski definition) is 4. The van der Waals surface area contributed by atoms with Crippen LogP contribution in [0.3, 0.4) is 0 Å². The average molecular weight is 238 g/mol. The Labute approximate surface area is 98.5 Å². The third kappa shape index (κ3) is 3.10. The summed E-state index contributed by atoms with van der Waals surface area (Å²) < 4.78 is 10.2. The van der Waals surface area contributed by atoms with Crippen LogP contribution in [0.4, 0.5) is 0 Å². The number of methoxy groups -OCH3 is 1. The van der Waals surface area contributed by atoms with Gasteiger partial charge < -0.3 is 20.3 Å². The minimum atomic E-state index is -1.07. The van der Waals surface area contributed by atoms with Gasteiger partial charge in [-0.2, -0.15) is 0 Å². The van der Waals surface area contributed by atoms with Crippen LogP contribution in [0, 0.1) is 5.41 Å². The number of nitrogens with one attached hydrogen (secondary N) is 1. The number of rotatable bonds is 5. The number of ether oxygens (including phenoxy) is 2. The Morgan fingerprint density at radius 1 is 1.47 bits per heavy atom. The van der Waals surface area contributed by atoms with Crippen molar-refractivity contribution in [2.75, 3.05) is 7.11 Å². The van der Waals surface area contributed by atoms with Crippen molar-refractivity contribution in [2.24, 2.45) is 5.73 Å². The lowest BCUT2D eigenvalue weighted by molar-refractivity contribution is -0.144. The Kier molecular flexibility index (Phi) is 3.92. The Morgan fingerprint density at radius 3 is 2.59 bits per heavy atom. The maximum Gasteiger partial charge on any atom is 0.344 e. The Hall–Kier alpha value is -2.24. The van der Waals surface area contributed by atoms with E-state index >= 15 is 0 Å². The smallest absolute Gasteiger partial charge is 0.344 e. The summed E-state index contributed by atoms with van der Waals surface area (Å²) >= 11 is 0. The molecule has 1 unspecified atom stereocenters. The normalized spacial score (nSPS) is 11.6. The van der Waals surface area contributed by atoms with E-state index in [4.69, 9.17) is 25.7 Å². The molecule has 0 heterocycles. The van der Waals surface area contributed by atoms with Gasteiger partial charge in [0.15, 0.2) is 17.6 Å². The first-order chi connectivity index (χ1) is 7.95. The van der Waals surface area contributed by atoms with E-state index in [1.54, 1.807) is 6.07 Å². The van der Waals surface area contributed by atoms with Crippen LogP contribution in [-0.4, -0.2) is 30.1 Å². The summed E-state index contributed by atoms with van der Waals surface area (Å²) in [5, 5.41) is 16.0. The third-order valence-corrected chi connectivity index (χ3v) is 2.13. The van der Waals surface area contributed by atoms with E-state index in [0.29, 0.717) is 17.1 Å². The van der Waals surface area contributed by atoms with Crippen molar-refractivity contribution in [3.05, 3.63) is 23.8 Å². The first kappa shape index (κ1) is 12.8. The topological polar surface area (TPSA) is 106 Å². The van der Waals surface area contributed by atoms with Crippen molar-refractivity contribution in [1.82, 2.24) is 0 Å². The predicted octanol–water partition coefficient (Wildman–Crippen LogP) is 0.831. The first-order valence-electron chi connectivity index (χ1n) is 4.87. The predicted molar refractivity (Wildman–Crippen MR) is 61.7 cm³/mol. The van der Waals surface area contributed by atoms with Crippen molar-refractivity contribution in [3.63, 3.8) is 0 Å². The molecule has 0 saturated heterocycles. The number of carboxylic acid groups (broad SMARTS) is 1. The molecular formula is C11H14N2O4. The van der Waals surface area contributed by atoms with E-state index in [-0.39, 0.29) is 5.84 Å². The molecule has 0 aliphatic carbocycles. The lowest BCUT2D eigenvalue weighted by atomic mass is 10.2. The summed E-state index contributed by atoms with van der Waals surface area (Å²) in [6.07, 6.45) is -0.980. The molecular weight excluding hydrogens is 224 g/mol. The zero-order valence-corrected chi connectivity index (χ0v) is 9.56. The van der Waals surface area contributed by atoms with Crippen LogP contribution in [0.25, 0.3) is 0 Å². The highest BCUT2D eigenvalue weighted by Gasteiger charge is 2.15. The molecule has 17 heavy (non-hydrogen) atoms. The summed E-state index contributed by atoms with van der Waals surface area (Å²) in [5.41, 5.74) is 5.81. The molecule has 4 N–H and O–H groups in total. The van der Waals surface area contributed by atoms with Gasteiger partial charge in [-0.3, -0.25) is 5.41 Å². The fourth-order valence-electron chi connectivity index (χ4n) is 1.17. The molecule has 1 atom stereocenters. The van der Waals surface area contributed by atoms with Crippen molar-refractivity contribution in [2.45, 2.75) is 13.0 Å². The van der Waals surface area contributed by atoms with Crippen LogP contribution in [0.5, 0.6) is 11.5 Å². The molecule has 1 rings (SSSR count). The number of carbonyl (C=O) groups is 1. The van der Waals surface area contributed by atoms with Gasteiger partial charge >= 0.3 is 5.97 Å². The molecule has 1 aromatic rings. The fraction of sp³-hybridized carbons (Fsp3) is 0.273. The van der Waals surface area contributed by atoms with Crippen molar-refractivity contribution < 1.29 is 19.4 Å². The highest BCUT2D eigenvalue weighted by atomic mass is 16.5. The van der Waals surface area contributed by atoms with Gasteiger partial charge in [-0.15, -0.1) is 0 Å². The molecule has 6 heteroatoms. The second-order valence-corrected chi connectivity index (χ2v) is 3.38. The molecule has 0 spiro atoms. The van der Waals surface area contributed by atoms with Crippen LogP contribution < -0.4 is 15.2 Å². The van der Waals surface area contributed by atoms with Gasteiger partial charge in [0.25, 0.3) is 0 Å². The maximum atomic E-state index is 10.7. The summed E-state index contributed by atoms with van der Waals surface area (Å²) in [6, 6.07) is 4.61. The van der Waals surface area contributed by atoms with Gasteiger partial charge in [-0.1, -0.05) is 0 Å². The van der Waals surface area contributed by atoms with E-state index in [1.165, 1.54) is 26.2 Å². The molecule has 0 fully saturated rings. The standard InChI is InChI=1S/C11H14N2O4/c1-6(11(14)15)17-8-4-3-7(10(12)13)5-9(8)16-2/h3-6H,1-2H3,(H3,12,13)(H,14,15). The Bertz CT molecular complexity index is 445. The van der Waals surface area contributed by atoms with Crippen LogP contribution in [0.1, 0.15) is 12.5 Å². The molecule has 92 valence electrons. The number of amidine groups is 1. The lowest BCUT2D eigenvalue weighted by Gasteiger charge is -2.14. The highest BCUT2D eigenvalue weighted by Crippen LogP contribution is 2.28. The monoisotopic (exact) mass is 238 g/mol. The zero-order valence-electron chi connectivity index (χ0n) is 9.56. The molecule has 1 aromatic carbocycles. The quantitative estimate of drug-likeness (QED) is 0.520. The van der Waals surface area contributed by atoms with E-state index in [0.717, 1.165) is 0 Å². The third-order valence-electron chi connectivity index (χ3n) is 2.13. The zero-order chi connectivity index (χ0) is 13.0. The first-order valence-corrected chi connectivity index (χ1v) is 4.87. The Balaban J connectivity index is 3.00. The molecule has 6 nitrogen and oxygen atoms in total. The molecule has 0 radical (unpaired) electrons. The number of benzene rings is 1. The number of hydrogen-bond donors (Lipinski definition) is 3. The molecule has 0 saturated carbocycles. The molecule has 0 aliphatic rings. The second kappa shape index (κ2) is 5.20. The minimum Gasteiger partial charge on any atom is -0.493 e. The number of carboxylic acids is 1. The van der Waals surface area contributed by atoms with Gasteiger partial charge in [0.2, 0.25) is 0 Å². The van der Waals surface area contributed by atoms with E-state index in [2.05, 4.69) is 0 Å². The van der Waals surface area contributed by atoms with Crippen molar-refractivity contribution in [1.29, 1.82) is 5.41 Å². The lowest BCUT2D eigenvalue weighted by Crippen LogP contribution is -2.23. The van der Waals surface area contributed by atoms with Gasteiger partial charge in [-0.25, -0.2) is 4.79 Å². The van der Waals surface area contributed by atoms with Crippen LogP contribution in [-0.2, 0) is 4.79 Å². The molecule has 0 amide bonds. The maximum absolute atomic E-state index is 10.7. The minimum absolute atomic E-state index is 0.0962. The SMILES string of the molecule is COc1cc(C(=N)N)ccc1OC(C)C(=O)O. The van der Waals surface area contributed by atoms with Gasteiger partial charge in [-0.05, 0) is 25.1 Å². The van der Waals surface area contributed by atoms with Gasteiger partial charge in [0.05, 0.1) is 7.11 Å². The molecule has 0 aromatic heterocycles. The van der Waals surface area contributed by atoms with E-state index in [1.807, 2.05) is 0 Å². The molecule has 0 aliphatic heterocycles. The number of nitrogens with two attached hydrogens (primary N) is 1. The second-order valence-electron chi connectivity index (χ2n) is 3.38. The van der Waals surface area contributed by atoms with Crippen molar-refractivity contribution >= 4 is 11.8 Å². The summed E-state index contributed by atoms with van der Waals surface area (Å²) in [6.45, 7) is 1.42. The van der Waals surface area contributed by atoms with Crippen LogP contribution in [0.15, 0.2) is 18.2 Å². The summed E-state index contributed by atoms with van der Waals surface area (Å²) in [5.74, 6) is -0.526. The van der Waals surface area contributed by atoms with Crippen molar-refractivity contribution in [3.8, 4) is 11.5 Å². The largest absolute Gasteiger partial charge is 0.493 e. The number of nitrogen functional groups attached to an aromatic ring is 1. The van der Waals surface area contributed by atoms with Gasteiger partial charge in [0.1, 0.15) is 5.84 Å². The highest BCUT2D eigenvalue weighted by molar-refractivity contribution is 5.95. The molecule has 0 bridgehead atoms. The van der Waals surface area contributed by atoms with Gasteiger partial charge in [0, 0.05) is 5.56 Å². The van der Waals surface area contributed by atoms with Crippen LogP contribution >= 0.6 is 0 Å². The number of aliphatic carboxylic acids is 1. The fourth-order valence-corrected chi connectivity index (χ4v) is 1.17. The van der Waals surface area contributed by atoms with E-state index < -0.39 is 12.1 Å². The van der Waals surface area contributed by atoms with Crippen LogP contribution in [0.2, 0.25) is 0 Å². The average Bonchev–Trinajstić information content (AvgIpc) is 2.28. The Morgan fingerprint density at radius 2 is 2.12 bits per heavy atom. The summed E-state index contributed by atoms with van der Waals surface area (Å²) in [7, 11) is 1.43. The summed E-state index contributed by atoms with van der Waals surface area (Å²) in [4.78, 5) is 10.7.